The van der Waals surface area contributed by atoms with Gasteiger partial charge in [0.25, 0.3) is 5.91 Å². The first-order chi connectivity index (χ1) is 14.7. The Balaban J connectivity index is 1.91. The van der Waals surface area contributed by atoms with Crippen LogP contribution in [-0.2, 0) is 9.57 Å². The van der Waals surface area contributed by atoms with Crippen molar-refractivity contribution in [2.24, 2.45) is 0 Å². The molecule has 1 aliphatic carbocycles. The molecule has 0 atom stereocenters. The Bertz CT molecular complexity index is 993. The van der Waals surface area contributed by atoms with Gasteiger partial charge in [0.2, 0.25) is 5.88 Å². The van der Waals surface area contributed by atoms with Crippen molar-refractivity contribution in [3.05, 3.63) is 35.4 Å². The minimum atomic E-state index is -1.13. The zero-order chi connectivity index (χ0) is 22.6. The van der Waals surface area contributed by atoms with Crippen LogP contribution in [-0.4, -0.2) is 52.5 Å². The van der Waals surface area contributed by atoms with E-state index in [0.29, 0.717) is 24.0 Å². The van der Waals surface area contributed by atoms with Gasteiger partial charge in [-0.3, -0.25) is 9.63 Å². The number of carbonyl (C=O) groups is 1. The van der Waals surface area contributed by atoms with Gasteiger partial charge in [-0.25, -0.2) is 10.5 Å². The second kappa shape index (κ2) is 9.26. The van der Waals surface area contributed by atoms with E-state index in [1.54, 1.807) is 31.4 Å². The van der Waals surface area contributed by atoms with Gasteiger partial charge in [-0.2, -0.15) is 10.2 Å². The van der Waals surface area contributed by atoms with Crippen LogP contribution in [0.15, 0.2) is 24.3 Å². The van der Waals surface area contributed by atoms with Gasteiger partial charge in [0.05, 0.1) is 23.3 Å². The van der Waals surface area contributed by atoms with Crippen LogP contribution in [0.1, 0.15) is 42.6 Å². The summed E-state index contributed by atoms with van der Waals surface area (Å²) in [6.45, 7) is 2.95. The van der Waals surface area contributed by atoms with Crippen molar-refractivity contribution >= 4 is 11.7 Å². The van der Waals surface area contributed by atoms with Crippen LogP contribution >= 0.6 is 0 Å². The van der Waals surface area contributed by atoms with Gasteiger partial charge in [0.15, 0.2) is 5.82 Å². The van der Waals surface area contributed by atoms with E-state index in [-0.39, 0.29) is 41.9 Å². The molecule has 1 aromatic carbocycles. The van der Waals surface area contributed by atoms with Crippen molar-refractivity contribution in [1.29, 1.82) is 5.26 Å². The lowest BCUT2D eigenvalue weighted by Crippen LogP contribution is -2.40. The fourth-order valence-corrected chi connectivity index (χ4v) is 2.91. The molecular formula is C21H25N5O5. The number of methoxy groups -OCH3 is 1. The van der Waals surface area contributed by atoms with E-state index in [0.717, 1.165) is 0 Å². The first-order valence-electron chi connectivity index (χ1n) is 9.72. The standard InChI is InChI=1S/C21H25N5O5/c1-21(2,28)11-30-26-19(27)16-17(23)24-18(13-6-4-5-12(7-13)10-22)25-20(16)31-15-8-14(9-15)29-3/h4-7,14-15,28H,8-9,11H2,1-3H3,(H,26,27)(H2,23,24,25)/t14-,15+. The third-order valence-electron chi connectivity index (χ3n) is 4.63. The Morgan fingerprint density at radius 3 is 2.74 bits per heavy atom. The number of hydrogen-bond donors (Lipinski definition) is 3. The summed E-state index contributed by atoms with van der Waals surface area (Å²) < 4.78 is 11.2. The average Bonchev–Trinajstić information content (AvgIpc) is 2.68. The van der Waals surface area contributed by atoms with Gasteiger partial charge < -0.3 is 20.3 Å². The lowest BCUT2D eigenvalue weighted by atomic mass is 9.92. The molecule has 1 heterocycles. The maximum atomic E-state index is 12.7. The summed E-state index contributed by atoms with van der Waals surface area (Å²) in [5, 5.41) is 18.9. The average molecular weight is 427 g/mol. The molecule has 4 N–H and O–H groups in total. The van der Waals surface area contributed by atoms with Gasteiger partial charge >= 0.3 is 0 Å². The predicted octanol–water partition coefficient (Wildman–Crippen LogP) is 1.59. The molecule has 164 valence electrons. The van der Waals surface area contributed by atoms with Crippen LogP contribution in [0.5, 0.6) is 5.88 Å². The summed E-state index contributed by atoms with van der Waals surface area (Å²) in [6, 6.07) is 8.77. The van der Waals surface area contributed by atoms with Crippen LogP contribution in [0.25, 0.3) is 11.4 Å². The zero-order valence-electron chi connectivity index (χ0n) is 17.6. The molecule has 2 aromatic rings. The van der Waals surface area contributed by atoms with Crippen molar-refractivity contribution in [3.8, 4) is 23.3 Å². The molecule has 1 aromatic heterocycles. The number of nitriles is 1. The van der Waals surface area contributed by atoms with E-state index >= 15 is 0 Å². The van der Waals surface area contributed by atoms with E-state index < -0.39 is 11.5 Å². The number of rotatable bonds is 8. The molecule has 1 fully saturated rings. The number of hydrogen-bond acceptors (Lipinski definition) is 9. The molecule has 1 saturated carbocycles. The number of nitrogen functional groups attached to an aromatic ring is 1. The van der Waals surface area contributed by atoms with Crippen LogP contribution in [0.4, 0.5) is 5.82 Å². The fourth-order valence-electron chi connectivity index (χ4n) is 2.91. The van der Waals surface area contributed by atoms with Gasteiger partial charge in [-0.05, 0) is 26.0 Å². The minimum Gasteiger partial charge on any atom is -0.473 e. The first kappa shape index (κ1) is 22.4. The largest absolute Gasteiger partial charge is 0.473 e. The summed E-state index contributed by atoms with van der Waals surface area (Å²) in [4.78, 5) is 26.4. The van der Waals surface area contributed by atoms with Gasteiger partial charge in [-0.1, -0.05) is 12.1 Å². The highest BCUT2D eigenvalue weighted by Crippen LogP contribution is 2.32. The second-order valence-corrected chi connectivity index (χ2v) is 7.91. The van der Waals surface area contributed by atoms with E-state index in [1.165, 1.54) is 13.8 Å². The molecule has 0 saturated heterocycles. The van der Waals surface area contributed by atoms with Crippen LogP contribution in [0.2, 0.25) is 0 Å². The summed E-state index contributed by atoms with van der Waals surface area (Å²) in [7, 11) is 1.63. The Hall–Kier alpha value is -3.26. The van der Waals surface area contributed by atoms with Crippen molar-refractivity contribution in [2.45, 2.75) is 44.5 Å². The summed E-state index contributed by atoms with van der Waals surface area (Å²) >= 11 is 0. The molecular weight excluding hydrogens is 402 g/mol. The molecule has 0 unspecified atom stereocenters. The Morgan fingerprint density at radius 2 is 2.10 bits per heavy atom. The van der Waals surface area contributed by atoms with Crippen molar-refractivity contribution in [3.63, 3.8) is 0 Å². The number of carbonyl (C=O) groups excluding carboxylic acids is 1. The zero-order valence-corrected chi connectivity index (χ0v) is 17.6. The number of nitrogens with two attached hydrogens (primary N) is 1. The number of aromatic nitrogens is 2. The van der Waals surface area contributed by atoms with Crippen LogP contribution in [0, 0.1) is 11.3 Å². The minimum absolute atomic E-state index is 0.00812. The molecule has 0 radical (unpaired) electrons. The third-order valence-corrected chi connectivity index (χ3v) is 4.63. The third kappa shape index (κ3) is 5.67. The monoisotopic (exact) mass is 427 g/mol. The van der Waals surface area contributed by atoms with E-state index in [9.17, 15) is 9.90 Å². The molecule has 10 nitrogen and oxygen atoms in total. The number of amides is 1. The second-order valence-electron chi connectivity index (χ2n) is 7.91. The first-order valence-corrected chi connectivity index (χ1v) is 9.72. The summed E-state index contributed by atoms with van der Waals surface area (Å²) in [5.74, 6) is -0.569. The molecule has 0 aliphatic heterocycles. The van der Waals surface area contributed by atoms with Gasteiger partial charge in [-0.15, -0.1) is 0 Å². The van der Waals surface area contributed by atoms with Crippen molar-refractivity contribution in [1.82, 2.24) is 15.4 Å². The lowest BCUT2D eigenvalue weighted by Gasteiger charge is -2.34. The van der Waals surface area contributed by atoms with Crippen molar-refractivity contribution in [2.75, 3.05) is 19.5 Å². The summed E-state index contributed by atoms with van der Waals surface area (Å²) in [6.07, 6.45) is 1.19. The number of anilines is 1. The fraction of sp³-hybridized carbons (Fsp3) is 0.429. The topological polar surface area (TPSA) is 153 Å². The highest BCUT2D eigenvalue weighted by atomic mass is 16.7. The Labute approximate surface area is 179 Å². The molecule has 3 rings (SSSR count). The molecule has 31 heavy (non-hydrogen) atoms. The van der Waals surface area contributed by atoms with Gasteiger partial charge in [0, 0.05) is 25.5 Å². The highest BCUT2D eigenvalue weighted by Gasteiger charge is 2.33. The van der Waals surface area contributed by atoms with Crippen LogP contribution < -0.4 is 16.0 Å². The maximum absolute atomic E-state index is 12.7. The molecule has 0 bridgehead atoms. The number of nitrogens with one attached hydrogen (secondary N) is 1. The van der Waals surface area contributed by atoms with Crippen LogP contribution in [0.3, 0.4) is 0 Å². The van der Waals surface area contributed by atoms with Gasteiger partial charge in [0.1, 0.15) is 24.1 Å². The Kier molecular flexibility index (Phi) is 6.70. The van der Waals surface area contributed by atoms with E-state index in [1.807, 2.05) is 0 Å². The summed E-state index contributed by atoms with van der Waals surface area (Å²) in [5.41, 5.74) is 8.12. The molecule has 1 amide bonds. The number of nitrogens with zero attached hydrogens (tertiary/aromatic N) is 3. The lowest BCUT2D eigenvalue weighted by molar-refractivity contribution is -0.0527. The number of benzene rings is 1. The normalized spacial score (nSPS) is 18.0. The Morgan fingerprint density at radius 1 is 1.35 bits per heavy atom. The molecule has 1 aliphatic rings. The van der Waals surface area contributed by atoms with E-state index in [2.05, 4.69) is 21.5 Å². The quantitative estimate of drug-likeness (QED) is 0.533. The number of hydroxylamine groups is 1. The SMILES string of the molecule is CO[C@H]1C[C@@H](Oc2nc(-c3cccc(C#N)c3)nc(N)c2C(=O)NOCC(C)(C)O)C1. The number of ether oxygens (including phenoxy) is 2. The van der Waals surface area contributed by atoms with Crippen molar-refractivity contribution < 1.29 is 24.2 Å². The molecule has 10 heteroatoms. The molecule has 0 spiro atoms. The maximum Gasteiger partial charge on any atom is 0.284 e. The smallest absolute Gasteiger partial charge is 0.284 e. The number of aliphatic hydroxyl groups is 1. The predicted molar refractivity (Wildman–Crippen MR) is 111 cm³/mol. The van der Waals surface area contributed by atoms with E-state index in [4.69, 9.17) is 25.3 Å². The highest BCUT2D eigenvalue weighted by molar-refractivity contribution is 6.00.